The Morgan fingerprint density at radius 2 is 1.39 bits per heavy atom. The second-order valence-electron chi connectivity index (χ2n) is 5.56. The van der Waals surface area contributed by atoms with E-state index in [1.54, 1.807) is 0 Å². The molecule has 9 atom stereocenters. The van der Waals surface area contributed by atoms with E-state index in [2.05, 4.69) is 0 Å². The van der Waals surface area contributed by atoms with E-state index in [1.165, 1.54) is 0 Å². The minimum absolute atomic E-state index is 0.669. The maximum Gasteiger partial charge on any atom is 0.224 e. The first-order valence-corrected chi connectivity index (χ1v) is 7.05. The first-order valence-electron chi connectivity index (χ1n) is 7.05. The molecule has 23 heavy (non-hydrogen) atoms. The van der Waals surface area contributed by atoms with E-state index >= 15 is 0 Å². The SMILES string of the molecule is O[13CH2][13C@H]1O[13C@@]([13CH2]O)(O[13C@H]2O[13C@H]([13CH2]O)[13C@@H](O)[13C@H](O)[13C@H]2O)[13C@@H](O)[13C@@H]1O. The Balaban J connectivity index is 2.18. The summed E-state index contributed by atoms with van der Waals surface area (Å²) in [6.07, 6.45) is -12.7. The standard InChI is InChI=1S/C12H22O11/c13-1-4-6(16)8(18)9(19)11(21-4)23-12(3-15)10(20)7(17)5(2-14)22-12/h4-11,13-20H,1-3H2/t4-,5-,6-,7-,8+,9-,10+,11-,12+/m1/s1/i1+1,2+1,3+1,4+1,5+1,6+1,7+1,8+1,9+1,10+1,11+1,12+1. The van der Waals surface area contributed by atoms with Crippen LogP contribution < -0.4 is 0 Å². The average Bonchev–Trinajstić information content (AvgIpc) is 2.80. The molecule has 0 aromatic rings. The van der Waals surface area contributed by atoms with E-state index in [9.17, 15) is 30.6 Å². The van der Waals surface area contributed by atoms with Crippen LogP contribution in [0.4, 0.5) is 0 Å². The molecule has 2 fully saturated rings. The van der Waals surface area contributed by atoms with Gasteiger partial charge in [-0.1, -0.05) is 0 Å². The third-order valence-electron chi connectivity index (χ3n) is 4.07. The summed E-state index contributed by atoms with van der Waals surface area (Å²) in [7, 11) is 0. The fourth-order valence-electron chi connectivity index (χ4n) is 2.63. The van der Waals surface area contributed by atoms with Gasteiger partial charge in [0.05, 0.1) is 13.2 Å². The van der Waals surface area contributed by atoms with Crippen molar-refractivity contribution < 1.29 is 55.1 Å². The highest BCUT2D eigenvalue weighted by molar-refractivity contribution is 4.98. The Morgan fingerprint density at radius 1 is 0.783 bits per heavy atom. The minimum Gasteiger partial charge on any atom is -0.394 e. The van der Waals surface area contributed by atoms with Crippen molar-refractivity contribution in [3.63, 3.8) is 0 Å². The van der Waals surface area contributed by atoms with Crippen LogP contribution in [0, 0.1) is 0 Å². The van der Waals surface area contributed by atoms with Gasteiger partial charge in [-0.15, -0.1) is 0 Å². The first-order chi connectivity index (χ1) is 10.8. The molecule has 136 valence electrons. The lowest BCUT2D eigenvalue weighted by atomic mass is 10.9. The molecule has 0 aromatic carbocycles. The average molecular weight is 354 g/mol. The molecule has 0 radical (unpaired) electrons. The van der Waals surface area contributed by atoms with Gasteiger partial charge in [-0.05, 0) is 0 Å². The van der Waals surface area contributed by atoms with Gasteiger partial charge in [0.15, 0.2) is 6.29 Å². The molecular formula is C12H22O11. The summed E-state index contributed by atoms with van der Waals surface area (Å²) in [4.78, 5) is 0. The lowest BCUT2D eigenvalue weighted by Gasteiger charge is -2.43. The summed E-state index contributed by atoms with van der Waals surface area (Å²) >= 11 is 0. The summed E-state index contributed by atoms with van der Waals surface area (Å²) in [5, 5.41) is 76.7. The molecule has 2 saturated heterocycles. The maximum atomic E-state index is 10.00. The topological polar surface area (TPSA) is 190 Å². The number of ether oxygens (including phenoxy) is 3. The molecule has 11 nitrogen and oxygen atoms in total. The van der Waals surface area contributed by atoms with E-state index in [-0.39, 0.29) is 0 Å². The van der Waals surface area contributed by atoms with Gasteiger partial charge in [-0.25, -0.2) is 0 Å². The predicted octanol–water partition coefficient (Wildman–Crippen LogP) is -5.40. The van der Waals surface area contributed by atoms with Crippen LogP contribution in [-0.4, -0.2) is 115 Å². The molecule has 0 aromatic heterocycles. The summed E-state index contributed by atoms with van der Waals surface area (Å²) in [6, 6.07) is 0. The van der Waals surface area contributed by atoms with Gasteiger partial charge in [0.2, 0.25) is 5.79 Å². The van der Waals surface area contributed by atoms with Crippen molar-refractivity contribution in [2.45, 2.75) is 54.8 Å². The van der Waals surface area contributed by atoms with Gasteiger partial charge in [0.25, 0.3) is 0 Å². The van der Waals surface area contributed by atoms with Crippen LogP contribution in [0.2, 0.25) is 0 Å². The molecule has 0 unspecified atom stereocenters. The minimum atomic E-state index is -2.22. The molecule has 0 aliphatic carbocycles. The zero-order chi connectivity index (χ0) is 17.4. The van der Waals surface area contributed by atoms with Crippen LogP contribution in [0.3, 0.4) is 0 Å². The highest BCUT2D eigenvalue weighted by Crippen LogP contribution is 2.35. The van der Waals surface area contributed by atoms with Gasteiger partial charge >= 0.3 is 0 Å². The van der Waals surface area contributed by atoms with Crippen molar-refractivity contribution >= 4 is 0 Å². The quantitative estimate of drug-likeness (QED) is 0.220. The molecule has 0 amide bonds. The number of hydrogen-bond acceptors (Lipinski definition) is 11. The van der Waals surface area contributed by atoms with Gasteiger partial charge in [0, 0.05) is 0 Å². The molecule has 2 aliphatic heterocycles. The number of aliphatic hydroxyl groups excluding tert-OH is 8. The van der Waals surface area contributed by atoms with E-state index in [0.29, 0.717) is 0 Å². The summed E-state index contributed by atoms with van der Waals surface area (Å²) in [5.74, 6) is -2.22. The second-order valence-corrected chi connectivity index (χ2v) is 5.56. The third-order valence-corrected chi connectivity index (χ3v) is 4.07. The Kier molecular flexibility index (Phi) is 5.92. The van der Waals surface area contributed by atoms with Gasteiger partial charge < -0.3 is 55.1 Å². The van der Waals surface area contributed by atoms with Crippen molar-refractivity contribution in [2.24, 2.45) is 0 Å². The van der Waals surface area contributed by atoms with E-state index < -0.39 is 74.6 Å². The molecule has 0 bridgehead atoms. The lowest BCUT2D eigenvalue weighted by Crippen LogP contribution is -2.62. The number of hydrogen-bond donors (Lipinski definition) is 8. The van der Waals surface area contributed by atoms with Crippen molar-refractivity contribution in [1.82, 2.24) is 0 Å². The fraction of sp³-hybridized carbons (Fsp3) is 1.00. The van der Waals surface area contributed by atoms with Gasteiger partial charge in [0.1, 0.15) is 49.3 Å². The molecule has 11 heteroatoms. The van der Waals surface area contributed by atoms with E-state index in [4.69, 9.17) is 24.4 Å². The zero-order valence-electron chi connectivity index (χ0n) is 12.0. The van der Waals surface area contributed by atoms with Crippen LogP contribution in [0.1, 0.15) is 0 Å². The maximum absolute atomic E-state index is 10.00. The second kappa shape index (κ2) is 7.21. The molecule has 2 aliphatic rings. The molecular weight excluding hydrogens is 332 g/mol. The van der Waals surface area contributed by atoms with Crippen LogP contribution in [0.15, 0.2) is 0 Å². The molecule has 8 N–H and O–H groups in total. The summed E-state index contributed by atoms with van der Waals surface area (Å²) in [6.45, 7) is -2.32. The smallest absolute Gasteiger partial charge is 0.224 e. The third kappa shape index (κ3) is 3.23. The normalized spacial score (nSPS) is 51.1. The van der Waals surface area contributed by atoms with Crippen molar-refractivity contribution in [3.8, 4) is 0 Å². The molecule has 0 saturated carbocycles. The largest absolute Gasteiger partial charge is 0.394 e. The molecule has 0 spiro atoms. The monoisotopic (exact) mass is 354 g/mol. The Bertz CT molecular complexity index is 393. The van der Waals surface area contributed by atoms with Gasteiger partial charge in [-0.3, -0.25) is 0 Å². The highest BCUT2D eigenvalue weighted by atomic mass is 17.0. The molecule has 2 rings (SSSR count). The van der Waals surface area contributed by atoms with Crippen LogP contribution in [0.25, 0.3) is 0 Å². The van der Waals surface area contributed by atoms with Crippen molar-refractivity contribution in [1.29, 1.82) is 0 Å². The zero-order valence-corrected chi connectivity index (χ0v) is 12.0. The van der Waals surface area contributed by atoms with Crippen LogP contribution >= 0.6 is 0 Å². The van der Waals surface area contributed by atoms with Crippen LogP contribution in [-0.2, 0) is 14.2 Å². The Morgan fingerprint density at radius 3 is 1.87 bits per heavy atom. The number of aliphatic hydroxyl groups is 8. The lowest BCUT2D eigenvalue weighted by molar-refractivity contribution is -0.383. The first kappa shape index (κ1) is 18.9. The van der Waals surface area contributed by atoms with E-state index in [1.807, 2.05) is 0 Å². The van der Waals surface area contributed by atoms with Gasteiger partial charge in [-0.2, -0.15) is 0 Å². The fourth-order valence-corrected chi connectivity index (χ4v) is 2.63. The predicted molar refractivity (Wildman–Crippen MR) is 68.6 cm³/mol. The molecule has 2 heterocycles. The van der Waals surface area contributed by atoms with Crippen molar-refractivity contribution in [3.05, 3.63) is 0 Å². The summed E-state index contributed by atoms with van der Waals surface area (Å²) < 4.78 is 15.4. The van der Waals surface area contributed by atoms with Crippen LogP contribution in [0.5, 0.6) is 0 Å². The van der Waals surface area contributed by atoms with Crippen molar-refractivity contribution in [2.75, 3.05) is 19.8 Å². The number of rotatable bonds is 5. The Hall–Kier alpha value is -0.440. The summed E-state index contributed by atoms with van der Waals surface area (Å²) in [5.41, 5.74) is 0. The highest BCUT2D eigenvalue weighted by Gasteiger charge is 2.58. The van der Waals surface area contributed by atoms with E-state index in [0.717, 1.165) is 0 Å². The Labute approximate surface area is 130 Å².